The van der Waals surface area contributed by atoms with Gasteiger partial charge in [0.2, 0.25) is 5.91 Å². The first kappa shape index (κ1) is 14.3. The number of aromatic nitrogens is 3. The van der Waals surface area contributed by atoms with E-state index in [0.29, 0.717) is 18.3 Å². The fourth-order valence-corrected chi connectivity index (χ4v) is 3.69. The second-order valence-electron chi connectivity index (χ2n) is 6.40. The van der Waals surface area contributed by atoms with E-state index in [2.05, 4.69) is 9.97 Å². The molecule has 1 fully saturated rings. The Balaban J connectivity index is 1.78. The average Bonchev–Trinajstić information content (AvgIpc) is 2.93. The predicted octanol–water partition coefficient (Wildman–Crippen LogP) is 3.07. The number of nitrogens with zero attached hydrogens (tertiary/aromatic N) is 4. The molecule has 4 rings (SSSR count). The number of hydrogen-bond acceptors (Lipinski definition) is 4. The van der Waals surface area contributed by atoms with Crippen LogP contribution in [0, 0.1) is 6.92 Å². The van der Waals surface area contributed by atoms with Crippen molar-refractivity contribution in [2.24, 2.45) is 0 Å². The molecule has 0 bridgehead atoms. The Morgan fingerprint density at radius 1 is 1.09 bits per heavy atom. The third kappa shape index (κ3) is 2.50. The molecule has 0 N–H and O–H groups in total. The van der Waals surface area contributed by atoms with Crippen molar-refractivity contribution in [2.75, 3.05) is 4.90 Å². The van der Waals surface area contributed by atoms with Crippen molar-refractivity contribution in [1.29, 1.82) is 0 Å². The van der Waals surface area contributed by atoms with Crippen LogP contribution in [0.25, 0.3) is 11.4 Å². The summed E-state index contributed by atoms with van der Waals surface area (Å²) < 4.78 is 0. The van der Waals surface area contributed by atoms with Crippen molar-refractivity contribution in [3.05, 3.63) is 35.8 Å². The normalized spacial score (nSPS) is 18.3. The quantitative estimate of drug-likeness (QED) is 0.855. The summed E-state index contributed by atoms with van der Waals surface area (Å²) in [6, 6.07) is 4.11. The van der Waals surface area contributed by atoms with Gasteiger partial charge >= 0.3 is 0 Å². The SMILES string of the molecule is Cc1nc(-c2ccncc2)nc2c1CC(=O)N2C1CCCCC1. The Kier molecular flexibility index (Phi) is 3.56. The minimum Gasteiger partial charge on any atom is -0.293 e. The van der Waals surface area contributed by atoms with Crippen molar-refractivity contribution < 1.29 is 4.79 Å². The monoisotopic (exact) mass is 308 g/mol. The number of amides is 1. The van der Waals surface area contributed by atoms with Crippen molar-refractivity contribution in [3.63, 3.8) is 0 Å². The summed E-state index contributed by atoms with van der Waals surface area (Å²) in [5.74, 6) is 1.69. The van der Waals surface area contributed by atoms with Crippen LogP contribution in [0.5, 0.6) is 0 Å². The van der Waals surface area contributed by atoms with Gasteiger partial charge in [0.1, 0.15) is 5.82 Å². The Hall–Kier alpha value is -2.30. The van der Waals surface area contributed by atoms with Crippen LogP contribution in [0.15, 0.2) is 24.5 Å². The highest BCUT2D eigenvalue weighted by Crippen LogP contribution is 2.36. The van der Waals surface area contributed by atoms with Crippen molar-refractivity contribution in [3.8, 4) is 11.4 Å². The Labute approximate surface area is 135 Å². The number of anilines is 1. The molecule has 0 spiro atoms. The van der Waals surface area contributed by atoms with E-state index in [1.807, 2.05) is 24.0 Å². The third-order valence-electron chi connectivity index (χ3n) is 4.90. The molecule has 23 heavy (non-hydrogen) atoms. The van der Waals surface area contributed by atoms with Crippen LogP contribution >= 0.6 is 0 Å². The molecule has 5 heteroatoms. The molecule has 2 aliphatic rings. The molecule has 1 aliphatic carbocycles. The molecule has 3 heterocycles. The van der Waals surface area contributed by atoms with Gasteiger partial charge < -0.3 is 0 Å². The Morgan fingerprint density at radius 3 is 2.57 bits per heavy atom. The van der Waals surface area contributed by atoms with Crippen molar-refractivity contribution >= 4 is 11.7 Å². The van der Waals surface area contributed by atoms with E-state index in [-0.39, 0.29) is 5.91 Å². The van der Waals surface area contributed by atoms with E-state index >= 15 is 0 Å². The van der Waals surface area contributed by atoms with Gasteiger partial charge in [-0.05, 0) is 31.9 Å². The summed E-state index contributed by atoms with van der Waals surface area (Å²) in [6.45, 7) is 1.98. The first-order chi connectivity index (χ1) is 11.2. The molecule has 0 radical (unpaired) electrons. The smallest absolute Gasteiger partial charge is 0.233 e. The molecule has 1 saturated carbocycles. The number of pyridine rings is 1. The molecule has 2 aromatic heterocycles. The maximum atomic E-state index is 12.6. The molecule has 118 valence electrons. The van der Waals surface area contributed by atoms with Crippen LogP contribution in [0.1, 0.15) is 43.4 Å². The number of aryl methyl sites for hydroxylation is 1. The summed E-state index contributed by atoms with van der Waals surface area (Å²) in [5, 5.41) is 0. The van der Waals surface area contributed by atoms with Gasteiger partial charge in [0.05, 0.1) is 6.42 Å². The highest BCUT2D eigenvalue weighted by atomic mass is 16.2. The Morgan fingerprint density at radius 2 is 1.83 bits per heavy atom. The predicted molar refractivity (Wildman–Crippen MR) is 88.1 cm³/mol. The van der Waals surface area contributed by atoms with Crippen molar-refractivity contribution in [1.82, 2.24) is 15.0 Å². The summed E-state index contributed by atoms with van der Waals surface area (Å²) in [4.78, 5) is 27.9. The van der Waals surface area contributed by atoms with Gasteiger partial charge in [0.15, 0.2) is 5.82 Å². The number of carbonyl (C=O) groups excluding carboxylic acids is 1. The average molecular weight is 308 g/mol. The molecule has 0 atom stereocenters. The minimum atomic E-state index is 0.177. The lowest BCUT2D eigenvalue weighted by molar-refractivity contribution is -0.118. The molecule has 1 amide bonds. The second kappa shape index (κ2) is 5.72. The van der Waals surface area contributed by atoms with Gasteiger partial charge in [-0.2, -0.15) is 0 Å². The molecule has 0 aromatic carbocycles. The van der Waals surface area contributed by atoms with E-state index in [0.717, 1.165) is 35.5 Å². The van der Waals surface area contributed by atoms with Crippen molar-refractivity contribution in [2.45, 2.75) is 51.5 Å². The van der Waals surface area contributed by atoms with Crippen LogP contribution in [-0.4, -0.2) is 26.9 Å². The van der Waals surface area contributed by atoms with Gasteiger partial charge in [0, 0.05) is 35.3 Å². The Bertz CT molecular complexity index is 738. The molecule has 0 saturated heterocycles. The summed E-state index contributed by atoms with van der Waals surface area (Å²) in [5.41, 5.74) is 2.85. The number of carbonyl (C=O) groups is 1. The van der Waals surface area contributed by atoms with E-state index in [9.17, 15) is 4.79 Å². The molecule has 2 aromatic rings. The number of hydrogen-bond donors (Lipinski definition) is 0. The zero-order valence-electron chi connectivity index (χ0n) is 13.3. The maximum absolute atomic E-state index is 12.6. The van der Waals surface area contributed by atoms with E-state index < -0.39 is 0 Å². The number of rotatable bonds is 2. The lowest BCUT2D eigenvalue weighted by Crippen LogP contribution is -2.39. The van der Waals surface area contributed by atoms with Gasteiger partial charge in [-0.15, -0.1) is 0 Å². The van der Waals surface area contributed by atoms with E-state index in [4.69, 9.17) is 4.98 Å². The fourth-order valence-electron chi connectivity index (χ4n) is 3.69. The van der Waals surface area contributed by atoms with E-state index in [1.54, 1.807) is 12.4 Å². The van der Waals surface area contributed by atoms with Crippen LogP contribution < -0.4 is 4.90 Å². The molecular weight excluding hydrogens is 288 g/mol. The first-order valence-electron chi connectivity index (χ1n) is 8.34. The second-order valence-corrected chi connectivity index (χ2v) is 6.40. The lowest BCUT2D eigenvalue weighted by Gasteiger charge is -2.31. The van der Waals surface area contributed by atoms with Crippen LogP contribution in [0.4, 0.5) is 5.82 Å². The van der Waals surface area contributed by atoms with Gasteiger partial charge in [-0.25, -0.2) is 9.97 Å². The molecule has 5 nitrogen and oxygen atoms in total. The first-order valence-corrected chi connectivity index (χ1v) is 8.34. The van der Waals surface area contributed by atoms with Crippen LogP contribution in [0.2, 0.25) is 0 Å². The van der Waals surface area contributed by atoms with Crippen LogP contribution in [0.3, 0.4) is 0 Å². The minimum absolute atomic E-state index is 0.177. The topological polar surface area (TPSA) is 59.0 Å². The number of fused-ring (bicyclic) bond motifs is 1. The summed E-state index contributed by atoms with van der Waals surface area (Å²) >= 11 is 0. The summed E-state index contributed by atoms with van der Waals surface area (Å²) in [7, 11) is 0. The fraction of sp³-hybridized carbons (Fsp3) is 0.444. The highest BCUT2D eigenvalue weighted by Gasteiger charge is 2.36. The zero-order chi connectivity index (χ0) is 15.8. The maximum Gasteiger partial charge on any atom is 0.233 e. The molecule has 1 aliphatic heterocycles. The molecular formula is C18H20N4O. The lowest BCUT2D eigenvalue weighted by atomic mass is 9.94. The standard InChI is InChI=1S/C18H20N4O/c1-12-15-11-16(23)22(14-5-3-2-4-6-14)18(15)21-17(20-12)13-7-9-19-10-8-13/h7-10,14H,2-6,11H2,1H3. The van der Waals surface area contributed by atoms with Gasteiger partial charge in [0.25, 0.3) is 0 Å². The highest BCUT2D eigenvalue weighted by molar-refractivity contribution is 6.01. The van der Waals surface area contributed by atoms with E-state index in [1.165, 1.54) is 19.3 Å². The van der Waals surface area contributed by atoms with Gasteiger partial charge in [-0.3, -0.25) is 14.7 Å². The van der Waals surface area contributed by atoms with Gasteiger partial charge in [-0.1, -0.05) is 19.3 Å². The van der Waals surface area contributed by atoms with Crippen LogP contribution in [-0.2, 0) is 11.2 Å². The zero-order valence-corrected chi connectivity index (χ0v) is 13.3. The largest absolute Gasteiger partial charge is 0.293 e. The summed E-state index contributed by atoms with van der Waals surface area (Å²) in [6.07, 6.45) is 9.76. The third-order valence-corrected chi connectivity index (χ3v) is 4.90. The molecule has 0 unspecified atom stereocenters.